The first-order valence-corrected chi connectivity index (χ1v) is 9.97. The van der Waals surface area contributed by atoms with Gasteiger partial charge < -0.3 is 24.6 Å². The average molecular weight is 377 g/mol. The molecule has 2 aliphatic rings. The maximum atomic E-state index is 12.3. The number of nitrogens with one attached hydrogen (secondary N) is 1. The highest BCUT2D eigenvalue weighted by atomic mass is 16.5. The second-order valence-electron chi connectivity index (χ2n) is 7.71. The number of aromatic nitrogens is 1. The Balaban J connectivity index is 1.46. The van der Waals surface area contributed by atoms with Crippen LogP contribution in [0.5, 0.6) is 0 Å². The van der Waals surface area contributed by atoms with Crippen LogP contribution in [0.2, 0.25) is 0 Å². The van der Waals surface area contributed by atoms with Crippen molar-refractivity contribution in [3.63, 3.8) is 0 Å². The molecule has 0 aliphatic carbocycles. The van der Waals surface area contributed by atoms with E-state index in [-0.39, 0.29) is 24.3 Å². The molecule has 7 heteroatoms. The molecule has 0 bridgehead atoms. The minimum Gasteiger partial charge on any atom is -0.376 e. The molecular formula is C20H32N4O3. The van der Waals surface area contributed by atoms with E-state index in [4.69, 9.17) is 9.47 Å². The van der Waals surface area contributed by atoms with E-state index < -0.39 is 0 Å². The van der Waals surface area contributed by atoms with Crippen LogP contribution in [-0.4, -0.2) is 67.5 Å². The Morgan fingerprint density at radius 3 is 2.70 bits per heavy atom. The number of carbonyl (C=O) groups excluding carboxylic acids is 1. The van der Waals surface area contributed by atoms with Gasteiger partial charge in [-0.3, -0.25) is 0 Å². The fourth-order valence-corrected chi connectivity index (χ4v) is 3.73. The van der Waals surface area contributed by atoms with E-state index >= 15 is 0 Å². The second-order valence-corrected chi connectivity index (χ2v) is 7.71. The van der Waals surface area contributed by atoms with Crippen LogP contribution in [0.1, 0.15) is 38.7 Å². The lowest BCUT2D eigenvalue weighted by Crippen LogP contribution is -2.45. The molecule has 3 unspecified atom stereocenters. The molecule has 0 spiro atoms. The van der Waals surface area contributed by atoms with Crippen molar-refractivity contribution in [3.05, 3.63) is 23.9 Å². The molecule has 1 aromatic rings. The Morgan fingerprint density at radius 1 is 1.30 bits per heavy atom. The van der Waals surface area contributed by atoms with Crippen LogP contribution in [0.3, 0.4) is 0 Å². The lowest BCUT2D eigenvalue weighted by Gasteiger charge is -2.36. The van der Waals surface area contributed by atoms with Gasteiger partial charge in [0.25, 0.3) is 0 Å². The number of nitrogens with zero attached hydrogens (tertiary/aromatic N) is 3. The van der Waals surface area contributed by atoms with Gasteiger partial charge in [-0.15, -0.1) is 0 Å². The summed E-state index contributed by atoms with van der Waals surface area (Å²) in [5, 5.41) is 2.96. The van der Waals surface area contributed by atoms with Crippen molar-refractivity contribution in [2.75, 3.05) is 38.2 Å². The summed E-state index contributed by atoms with van der Waals surface area (Å²) in [4.78, 5) is 20.8. The normalized spacial score (nSPS) is 25.9. The molecule has 150 valence electrons. The number of morpholine rings is 1. The van der Waals surface area contributed by atoms with Crippen molar-refractivity contribution in [2.45, 2.75) is 58.0 Å². The smallest absolute Gasteiger partial charge is 0.317 e. The van der Waals surface area contributed by atoms with Crippen LogP contribution < -0.4 is 10.2 Å². The maximum Gasteiger partial charge on any atom is 0.317 e. The highest BCUT2D eigenvalue weighted by Crippen LogP contribution is 2.18. The van der Waals surface area contributed by atoms with Crippen LogP contribution in [-0.2, 0) is 16.0 Å². The van der Waals surface area contributed by atoms with Crippen LogP contribution in [0.15, 0.2) is 18.3 Å². The number of anilines is 1. The zero-order valence-electron chi connectivity index (χ0n) is 16.7. The maximum absolute atomic E-state index is 12.3. The van der Waals surface area contributed by atoms with Crippen LogP contribution in [0.25, 0.3) is 0 Å². The fourth-order valence-electron chi connectivity index (χ4n) is 3.73. The van der Waals surface area contributed by atoms with Gasteiger partial charge in [-0.25, -0.2) is 9.78 Å². The van der Waals surface area contributed by atoms with Gasteiger partial charge in [0.15, 0.2) is 0 Å². The lowest BCUT2D eigenvalue weighted by molar-refractivity contribution is -0.00546. The van der Waals surface area contributed by atoms with Crippen molar-refractivity contribution in [2.24, 2.45) is 0 Å². The summed E-state index contributed by atoms with van der Waals surface area (Å²) in [7, 11) is 1.81. The van der Waals surface area contributed by atoms with Gasteiger partial charge >= 0.3 is 6.03 Å². The number of hydrogen-bond acceptors (Lipinski definition) is 5. The van der Waals surface area contributed by atoms with E-state index in [1.165, 1.54) is 6.42 Å². The van der Waals surface area contributed by atoms with Gasteiger partial charge in [-0.1, -0.05) is 6.07 Å². The summed E-state index contributed by atoms with van der Waals surface area (Å²) in [6, 6.07) is 3.97. The van der Waals surface area contributed by atoms with Crippen LogP contribution in [0.4, 0.5) is 10.6 Å². The topological polar surface area (TPSA) is 66.9 Å². The Bertz CT molecular complexity index is 594. The van der Waals surface area contributed by atoms with Crippen molar-refractivity contribution in [1.82, 2.24) is 15.2 Å². The highest BCUT2D eigenvalue weighted by molar-refractivity contribution is 5.73. The lowest BCUT2D eigenvalue weighted by atomic mass is 10.1. The number of likely N-dealkylation sites (N-methyl/N-ethyl adjacent to an activating group) is 1. The van der Waals surface area contributed by atoms with Crippen LogP contribution >= 0.6 is 0 Å². The Morgan fingerprint density at radius 2 is 2.07 bits per heavy atom. The Labute approximate surface area is 162 Å². The molecule has 7 nitrogen and oxygen atoms in total. The van der Waals surface area contributed by atoms with E-state index in [1.54, 1.807) is 4.90 Å². The minimum absolute atomic E-state index is 0.0796. The minimum atomic E-state index is -0.0796. The SMILES string of the molecule is CC1CN(c2ccc(CNC(=O)N(C)CC3CCCCO3)cn2)CC(C)O1. The van der Waals surface area contributed by atoms with Gasteiger partial charge in [0.05, 0.1) is 18.3 Å². The molecule has 2 fully saturated rings. The zero-order chi connectivity index (χ0) is 19.2. The first kappa shape index (κ1) is 19.9. The monoisotopic (exact) mass is 376 g/mol. The number of hydrogen-bond donors (Lipinski definition) is 1. The van der Waals surface area contributed by atoms with E-state index in [2.05, 4.69) is 29.0 Å². The van der Waals surface area contributed by atoms with Gasteiger partial charge in [0.1, 0.15) is 5.82 Å². The van der Waals surface area contributed by atoms with E-state index in [0.29, 0.717) is 13.1 Å². The summed E-state index contributed by atoms with van der Waals surface area (Å²) in [5.74, 6) is 0.957. The van der Waals surface area contributed by atoms with Gasteiger partial charge in [-0.2, -0.15) is 0 Å². The van der Waals surface area contributed by atoms with Crippen molar-refractivity contribution in [3.8, 4) is 0 Å². The molecule has 2 amide bonds. The largest absolute Gasteiger partial charge is 0.376 e. The summed E-state index contributed by atoms with van der Waals surface area (Å²) >= 11 is 0. The number of amides is 2. The number of urea groups is 1. The first-order valence-electron chi connectivity index (χ1n) is 9.97. The third kappa shape index (κ3) is 5.81. The predicted octanol–water partition coefficient (Wildman–Crippen LogP) is 2.41. The van der Waals surface area contributed by atoms with E-state index in [1.807, 2.05) is 25.4 Å². The molecule has 2 saturated heterocycles. The van der Waals surface area contributed by atoms with Gasteiger partial charge in [-0.05, 0) is 44.7 Å². The molecule has 2 aliphatic heterocycles. The number of rotatable bonds is 5. The first-order chi connectivity index (χ1) is 13.0. The molecule has 0 aromatic carbocycles. The van der Waals surface area contributed by atoms with E-state index in [9.17, 15) is 4.79 Å². The Hall–Kier alpha value is -1.86. The number of ether oxygens (including phenoxy) is 2. The summed E-state index contributed by atoms with van der Waals surface area (Å²) in [6.07, 6.45) is 5.74. The third-order valence-corrected chi connectivity index (χ3v) is 5.09. The molecule has 0 saturated carbocycles. The highest BCUT2D eigenvalue weighted by Gasteiger charge is 2.23. The number of pyridine rings is 1. The van der Waals surface area contributed by atoms with Crippen LogP contribution in [0, 0.1) is 0 Å². The second kappa shape index (κ2) is 9.37. The summed E-state index contributed by atoms with van der Waals surface area (Å²) < 4.78 is 11.5. The molecular weight excluding hydrogens is 344 g/mol. The quantitative estimate of drug-likeness (QED) is 0.855. The fraction of sp³-hybridized carbons (Fsp3) is 0.700. The molecule has 1 N–H and O–H groups in total. The predicted molar refractivity (Wildman–Crippen MR) is 105 cm³/mol. The number of carbonyl (C=O) groups is 1. The van der Waals surface area contributed by atoms with Crippen molar-refractivity contribution < 1.29 is 14.3 Å². The van der Waals surface area contributed by atoms with Crippen molar-refractivity contribution >= 4 is 11.8 Å². The zero-order valence-corrected chi connectivity index (χ0v) is 16.7. The molecule has 3 rings (SSSR count). The molecule has 3 atom stereocenters. The molecule has 27 heavy (non-hydrogen) atoms. The molecule has 1 aromatic heterocycles. The Kier molecular flexibility index (Phi) is 6.90. The van der Waals surface area contributed by atoms with E-state index in [0.717, 1.165) is 43.9 Å². The average Bonchev–Trinajstić information content (AvgIpc) is 2.66. The van der Waals surface area contributed by atoms with Gasteiger partial charge in [0, 0.05) is 46.0 Å². The van der Waals surface area contributed by atoms with Crippen molar-refractivity contribution in [1.29, 1.82) is 0 Å². The van der Waals surface area contributed by atoms with Gasteiger partial charge in [0.2, 0.25) is 0 Å². The summed E-state index contributed by atoms with van der Waals surface area (Å²) in [6.45, 7) is 7.78. The summed E-state index contributed by atoms with van der Waals surface area (Å²) in [5.41, 5.74) is 0.990. The molecule has 3 heterocycles. The standard InChI is InChI=1S/C20H32N4O3/c1-15-12-24(13-16(2)27-15)19-8-7-17(10-21-19)11-22-20(25)23(3)14-18-6-4-5-9-26-18/h7-8,10,15-16,18H,4-6,9,11-14H2,1-3H3,(H,22,25). The third-order valence-electron chi connectivity index (χ3n) is 5.09. The molecule has 0 radical (unpaired) electrons.